The van der Waals surface area contributed by atoms with E-state index in [4.69, 9.17) is 23.2 Å². The number of hydrogen-bond donors (Lipinski definition) is 2. The molecule has 2 rings (SSSR count). The smallest absolute Gasteiger partial charge is 0.238 e. The zero-order chi connectivity index (χ0) is 15.9. The summed E-state index contributed by atoms with van der Waals surface area (Å²) in [4.78, 5) is 14.4. The van der Waals surface area contributed by atoms with Gasteiger partial charge in [-0.05, 0) is 50.5 Å². The minimum Gasteiger partial charge on any atom is -0.322 e. The predicted octanol–water partition coefficient (Wildman–Crippen LogP) is 3.68. The SMILES string of the molecule is CCN(CC(=O)Nc1c(Cl)cccc1Cl)CC1CCCNC1.Cl. The van der Waals surface area contributed by atoms with Gasteiger partial charge in [0.2, 0.25) is 5.91 Å². The number of amides is 1. The minimum atomic E-state index is -0.0828. The fourth-order valence-corrected chi connectivity index (χ4v) is 3.24. The monoisotopic (exact) mass is 379 g/mol. The van der Waals surface area contributed by atoms with E-state index in [-0.39, 0.29) is 18.3 Å². The van der Waals surface area contributed by atoms with E-state index in [1.807, 2.05) is 0 Å². The van der Waals surface area contributed by atoms with Gasteiger partial charge in [-0.3, -0.25) is 9.69 Å². The molecule has 1 heterocycles. The van der Waals surface area contributed by atoms with E-state index in [2.05, 4.69) is 22.5 Å². The molecule has 0 aromatic heterocycles. The Hall–Kier alpha value is -0.520. The van der Waals surface area contributed by atoms with Gasteiger partial charge in [0.05, 0.1) is 22.3 Å². The molecule has 0 spiro atoms. The Kier molecular flexibility index (Phi) is 9.25. The van der Waals surface area contributed by atoms with Crippen molar-refractivity contribution in [3.63, 3.8) is 0 Å². The first-order valence-corrected chi connectivity index (χ1v) is 8.52. The van der Waals surface area contributed by atoms with Crippen LogP contribution in [0.25, 0.3) is 0 Å². The van der Waals surface area contributed by atoms with Crippen molar-refractivity contribution in [2.24, 2.45) is 5.92 Å². The summed E-state index contributed by atoms with van der Waals surface area (Å²) in [5.41, 5.74) is 0.492. The van der Waals surface area contributed by atoms with Gasteiger partial charge in [-0.15, -0.1) is 12.4 Å². The summed E-state index contributed by atoms with van der Waals surface area (Å²) in [6, 6.07) is 5.19. The van der Waals surface area contributed by atoms with Crippen LogP contribution in [0, 0.1) is 5.92 Å². The van der Waals surface area contributed by atoms with E-state index in [1.165, 1.54) is 12.8 Å². The molecular formula is C16H24Cl3N3O. The molecule has 130 valence electrons. The van der Waals surface area contributed by atoms with Crippen molar-refractivity contribution in [1.82, 2.24) is 10.2 Å². The van der Waals surface area contributed by atoms with Gasteiger partial charge in [-0.1, -0.05) is 36.2 Å². The van der Waals surface area contributed by atoms with Gasteiger partial charge < -0.3 is 10.6 Å². The van der Waals surface area contributed by atoms with E-state index >= 15 is 0 Å². The van der Waals surface area contributed by atoms with Crippen LogP contribution in [0.3, 0.4) is 0 Å². The first-order valence-electron chi connectivity index (χ1n) is 7.77. The number of anilines is 1. The summed E-state index contributed by atoms with van der Waals surface area (Å²) in [5.74, 6) is 0.533. The molecule has 1 saturated heterocycles. The Morgan fingerprint density at radius 2 is 2.09 bits per heavy atom. The zero-order valence-corrected chi connectivity index (χ0v) is 15.6. The lowest BCUT2D eigenvalue weighted by Crippen LogP contribution is -2.41. The second kappa shape index (κ2) is 10.4. The number of nitrogens with zero attached hydrogens (tertiary/aromatic N) is 1. The van der Waals surface area contributed by atoms with Gasteiger partial charge in [-0.25, -0.2) is 0 Å². The average molecular weight is 381 g/mol. The van der Waals surface area contributed by atoms with Crippen LogP contribution >= 0.6 is 35.6 Å². The molecule has 2 N–H and O–H groups in total. The fraction of sp³-hybridized carbons (Fsp3) is 0.562. The standard InChI is InChI=1S/C16H23Cl2N3O.ClH/c1-2-21(10-12-5-4-8-19-9-12)11-15(22)20-16-13(17)6-3-7-14(16)18;/h3,6-7,12,19H,2,4-5,8-11H2,1H3,(H,20,22);1H. The van der Waals surface area contributed by atoms with Crippen molar-refractivity contribution in [3.05, 3.63) is 28.2 Å². The van der Waals surface area contributed by atoms with Crippen molar-refractivity contribution in [1.29, 1.82) is 0 Å². The van der Waals surface area contributed by atoms with Crippen molar-refractivity contribution in [2.45, 2.75) is 19.8 Å². The highest BCUT2D eigenvalue weighted by molar-refractivity contribution is 6.39. The molecular weight excluding hydrogens is 357 g/mol. The van der Waals surface area contributed by atoms with Crippen molar-refractivity contribution in [2.75, 3.05) is 38.0 Å². The third kappa shape index (κ3) is 6.48. The van der Waals surface area contributed by atoms with E-state index in [0.29, 0.717) is 28.2 Å². The van der Waals surface area contributed by atoms with Crippen LogP contribution in [0.4, 0.5) is 5.69 Å². The normalized spacial score (nSPS) is 17.7. The van der Waals surface area contributed by atoms with Crippen LogP contribution < -0.4 is 10.6 Å². The summed E-state index contributed by atoms with van der Waals surface area (Å²) in [7, 11) is 0. The molecule has 23 heavy (non-hydrogen) atoms. The van der Waals surface area contributed by atoms with Gasteiger partial charge in [0.25, 0.3) is 0 Å². The maximum Gasteiger partial charge on any atom is 0.238 e. The third-order valence-electron chi connectivity index (χ3n) is 3.96. The summed E-state index contributed by atoms with van der Waals surface area (Å²) in [5, 5.41) is 7.15. The number of nitrogens with one attached hydrogen (secondary N) is 2. The fourth-order valence-electron chi connectivity index (χ4n) is 2.75. The number of carbonyl (C=O) groups is 1. The van der Waals surface area contributed by atoms with Crippen LogP contribution in [0.1, 0.15) is 19.8 Å². The van der Waals surface area contributed by atoms with E-state index < -0.39 is 0 Å². The van der Waals surface area contributed by atoms with Crippen LogP contribution in [0.5, 0.6) is 0 Å². The quantitative estimate of drug-likeness (QED) is 0.791. The van der Waals surface area contributed by atoms with Gasteiger partial charge in [0, 0.05) is 6.54 Å². The van der Waals surface area contributed by atoms with E-state index in [0.717, 1.165) is 26.2 Å². The minimum absolute atomic E-state index is 0. The number of halogens is 3. The molecule has 1 atom stereocenters. The van der Waals surface area contributed by atoms with Gasteiger partial charge in [-0.2, -0.15) is 0 Å². The number of carbonyl (C=O) groups excluding carboxylic acids is 1. The number of hydrogen-bond acceptors (Lipinski definition) is 3. The molecule has 1 unspecified atom stereocenters. The summed E-state index contributed by atoms with van der Waals surface area (Å²) < 4.78 is 0. The number of para-hydroxylation sites is 1. The lowest BCUT2D eigenvalue weighted by atomic mass is 9.99. The predicted molar refractivity (Wildman–Crippen MR) is 100 cm³/mol. The number of benzene rings is 1. The molecule has 0 saturated carbocycles. The Morgan fingerprint density at radius 3 is 2.65 bits per heavy atom. The lowest BCUT2D eigenvalue weighted by molar-refractivity contribution is -0.117. The van der Waals surface area contributed by atoms with Crippen molar-refractivity contribution < 1.29 is 4.79 Å². The first-order chi connectivity index (χ1) is 10.6. The van der Waals surface area contributed by atoms with Crippen LogP contribution in [0.15, 0.2) is 18.2 Å². The molecule has 7 heteroatoms. The second-order valence-electron chi connectivity index (χ2n) is 5.68. The molecule has 1 fully saturated rings. The topological polar surface area (TPSA) is 44.4 Å². The molecule has 0 bridgehead atoms. The molecule has 1 amide bonds. The highest BCUT2D eigenvalue weighted by atomic mass is 35.5. The number of likely N-dealkylation sites (N-methyl/N-ethyl adjacent to an activating group) is 1. The van der Waals surface area contributed by atoms with E-state index in [1.54, 1.807) is 18.2 Å². The van der Waals surface area contributed by atoms with Gasteiger partial charge in [0.15, 0.2) is 0 Å². The van der Waals surface area contributed by atoms with Crippen molar-refractivity contribution >= 4 is 47.2 Å². The Labute approximate surface area is 154 Å². The summed E-state index contributed by atoms with van der Waals surface area (Å²) in [6.07, 6.45) is 2.44. The molecule has 1 aromatic carbocycles. The lowest BCUT2D eigenvalue weighted by Gasteiger charge is -2.29. The molecule has 1 aliphatic heterocycles. The maximum absolute atomic E-state index is 12.2. The van der Waals surface area contributed by atoms with Crippen LogP contribution in [0.2, 0.25) is 10.0 Å². The Balaban J connectivity index is 0.00000264. The van der Waals surface area contributed by atoms with Crippen LogP contribution in [-0.2, 0) is 4.79 Å². The Morgan fingerprint density at radius 1 is 1.39 bits per heavy atom. The molecule has 0 radical (unpaired) electrons. The number of piperidine rings is 1. The molecule has 4 nitrogen and oxygen atoms in total. The largest absolute Gasteiger partial charge is 0.322 e. The maximum atomic E-state index is 12.2. The number of rotatable bonds is 6. The van der Waals surface area contributed by atoms with Gasteiger partial charge >= 0.3 is 0 Å². The van der Waals surface area contributed by atoms with Crippen LogP contribution in [-0.4, -0.2) is 43.5 Å². The summed E-state index contributed by atoms with van der Waals surface area (Å²) >= 11 is 12.2. The zero-order valence-electron chi connectivity index (χ0n) is 13.3. The highest BCUT2D eigenvalue weighted by Crippen LogP contribution is 2.29. The van der Waals surface area contributed by atoms with Crippen molar-refractivity contribution in [3.8, 4) is 0 Å². The summed E-state index contributed by atoms with van der Waals surface area (Å²) in [6.45, 7) is 6.36. The molecule has 0 aliphatic carbocycles. The van der Waals surface area contributed by atoms with E-state index in [9.17, 15) is 4.79 Å². The highest BCUT2D eigenvalue weighted by Gasteiger charge is 2.18. The second-order valence-corrected chi connectivity index (χ2v) is 6.50. The average Bonchev–Trinajstić information content (AvgIpc) is 2.51. The first kappa shape index (κ1) is 20.5. The molecule has 1 aliphatic rings. The Bertz CT molecular complexity index is 487. The third-order valence-corrected chi connectivity index (χ3v) is 4.59. The molecule has 1 aromatic rings. The van der Waals surface area contributed by atoms with Gasteiger partial charge in [0.1, 0.15) is 0 Å².